The van der Waals surface area contributed by atoms with Crippen LogP contribution >= 0.6 is 11.3 Å². The molecular weight excluding hydrogens is 324 g/mol. The molecule has 3 aromatic rings. The van der Waals surface area contributed by atoms with Gasteiger partial charge in [0.25, 0.3) is 0 Å². The molecule has 0 spiro atoms. The smallest absolute Gasteiger partial charge is 0.319 e. The molecule has 7 nitrogen and oxygen atoms in total. The number of hydrogen-bond acceptors (Lipinski definition) is 5. The first kappa shape index (κ1) is 16.0. The molecule has 2 aromatic heterocycles. The van der Waals surface area contributed by atoms with Crippen molar-refractivity contribution >= 4 is 28.7 Å². The van der Waals surface area contributed by atoms with Gasteiger partial charge in [-0.1, -0.05) is 18.2 Å². The highest BCUT2D eigenvalue weighted by Crippen LogP contribution is 2.23. The monoisotopic (exact) mass is 342 g/mol. The number of amides is 2. The lowest BCUT2D eigenvalue weighted by Crippen LogP contribution is -2.29. The number of aromatic nitrogens is 3. The van der Waals surface area contributed by atoms with E-state index in [4.69, 9.17) is 0 Å². The molecule has 0 saturated heterocycles. The van der Waals surface area contributed by atoms with Crippen LogP contribution in [-0.2, 0) is 6.54 Å². The van der Waals surface area contributed by atoms with Gasteiger partial charge in [0.2, 0.25) is 0 Å². The third-order valence-electron chi connectivity index (χ3n) is 3.32. The summed E-state index contributed by atoms with van der Waals surface area (Å²) >= 11 is 1.57. The second-order valence-corrected chi connectivity index (χ2v) is 6.25. The summed E-state index contributed by atoms with van der Waals surface area (Å²) in [5.41, 5.74) is 1.68. The van der Waals surface area contributed by atoms with E-state index < -0.39 is 0 Å². The van der Waals surface area contributed by atoms with E-state index in [1.165, 1.54) is 0 Å². The van der Waals surface area contributed by atoms with E-state index in [9.17, 15) is 4.79 Å². The maximum absolute atomic E-state index is 12.1. The molecule has 0 fully saturated rings. The van der Waals surface area contributed by atoms with Gasteiger partial charge in [-0.15, -0.1) is 11.3 Å². The minimum Gasteiger partial charge on any atom is -0.376 e. The zero-order chi connectivity index (χ0) is 16.9. The Kier molecular flexibility index (Phi) is 4.76. The molecule has 2 heterocycles. The van der Waals surface area contributed by atoms with E-state index in [-0.39, 0.29) is 12.6 Å². The van der Waals surface area contributed by atoms with Crippen LogP contribution in [0.15, 0.2) is 41.8 Å². The first-order valence-corrected chi connectivity index (χ1v) is 8.28. The fraction of sp³-hybridized carbons (Fsp3) is 0.188. The van der Waals surface area contributed by atoms with Crippen molar-refractivity contribution in [1.29, 1.82) is 0 Å². The Morgan fingerprint density at radius 1 is 1.25 bits per heavy atom. The Morgan fingerprint density at radius 3 is 2.83 bits per heavy atom. The van der Waals surface area contributed by atoms with Crippen LogP contribution in [-0.4, -0.2) is 35.3 Å². The van der Waals surface area contributed by atoms with Gasteiger partial charge in [0.15, 0.2) is 5.82 Å². The molecule has 0 atom stereocenters. The second kappa shape index (κ2) is 7.14. The summed E-state index contributed by atoms with van der Waals surface area (Å²) in [6, 6.07) is 11.2. The highest BCUT2D eigenvalue weighted by Gasteiger charge is 2.10. The van der Waals surface area contributed by atoms with Gasteiger partial charge >= 0.3 is 6.03 Å². The summed E-state index contributed by atoms with van der Waals surface area (Å²) < 4.78 is 0. The molecule has 0 aliphatic carbocycles. The Balaban J connectivity index is 1.58. The van der Waals surface area contributed by atoms with Crippen LogP contribution in [0.2, 0.25) is 0 Å². The Bertz CT molecular complexity index is 812. The number of aromatic amines is 1. The van der Waals surface area contributed by atoms with E-state index in [0.717, 1.165) is 16.3 Å². The van der Waals surface area contributed by atoms with Crippen LogP contribution in [0, 0.1) is 0 Å². The van der Waals surface area contributed by atoms with E-state index >= 15 is 0 Å². The van der Waals surface area contributed by atoms with Gasteiger partial charge in [0.1, 0.15) is 5.82 Å². The molecule has 0 radical (unpaired) electrons. The largest absolute Gasteiger partial charge is 0.376 e. The van der Waals surface area contributed by atoms with Crippen LogP contribution in [0.5, 0.6) is 0 Å². The lowest BCUT2D eigenvalue weighted by Gasteiger charge is -2.17. The van der Waals surface area contributed by atoms with Gasteiger partial charge in [-0.05, 0) is 23.6 Å². The minimum absolute atomic E-state index is 0.272. The lowest BCUT2D eigenvalue weighted by atomic mass is 10.2. The molecule has 3 rings (SSSR count). The number of rotatable bonds is 5. The average Bonchev–Trinajstić information content (AvgIpc) is 3.24. The molecule has 0 aliphatic heterocycles. The zero-order valence-corrected chi connectivity index (χ0v) is 14.2. The molecule has 24 heavy (non-hydrogen) atoms. The highest BCUT2D eigenvalue weighted by atomic mass is 32.1. The maximum atomic E-state index is 12.1. The van der Waals surface area contributed by atoms with Gasteiger partial charge in [-0.25, -0.2) is 9.78 Å². The van der Waals surface area contributed by atoms with E-state index in [1.807, 2.05) is 60.8 Å². The van der Waals surface area contributed by atoms with Gasteiger partial charge in [0.05, 0.1) is 22.8 Å². The first-order valence-electron chi connectivity index (χ1n) is 7.40. The number of nitrogens with zero attached hydrogens (tertiary/aromatic N) is 3. The fourth-order valence-corrected chi connectivity index (χ4v) is 2.85. The molecule has 0 aliphatic rings. The normalized spacial score (nSPS) is 10.4. The number of urea groups is 1. The summed E-state index contributed by atoms with van der Waals surface area (Å²) in [6.45, 7) is 0.272. The average molecular weight is 342 g/mol. The minimum atomic E-state index is -0.293. The van der Waals surface area contributed by atoms with Crippen molar-refractivity contribution < 1.29 is 4.79 Å². The predicted octanol–water partition coefficient (Wildman–Crippen LogP) is 2.92. The summed E-state index contributed by atoms with van der Waals surface area (Å²) in [6.07, 6.45) is 0. The first-order chi connectivity index (χ1) is 11.6. The Labute approximate surface area is 143 Å². The number of anilines is 2. The van der Waals surface area contributed by atoms with Gasteiger partial charge in [-0.3, -0.25) is 5.10 Å². The number of H-pyrrole nitrogens is 1. The topological polar surface area (TPSA) is 85.9 Å². The molecule has 8 heteroatoms. The van der Waals surface area contributed by atoms with E-state index in [0.29, 0.717) is 11.6 Å². The van der Waals surface area contributed by atoms with Gasteiger partial charge < -0.3 is 15.5 Å². The van der Waals surface area contributed by atoms with Crippen LogP contribution in [0.25, 0.3) is 10.7 Å². The standard InChI is InChI=1S/C16H18N6OS/c1-22(2)12-7-4-3-6-11(12)18-16(23)17-10-14-19-15(21-20-14)13-8-5-9-24-13/h3-9H,10H2,1-2H3,(H2,17,18,23)(H,19,20,21). The van der Waals surface area contributed by atoms with Gasteiger partial charge in [0, 0.05) is 14.1 Å². The van der Waals surface area contributed by atoms with Crippen LogP contribution in [0.3, 0.4) is 0 Å². The van der Waals surface area contributed by atoms with Crippen LogP contribution in [0.4, 0.5) is 16.2 Å². The highest BCUT2D eigenvalue weighted by molar-refractivity contribution is 7.13. The second-order valence-electron chi connectivity index (χ2n) is 5.30. The van der Waals surface area contributed by atoms with Crippen LogP contribution < -0.4 is 15.5 Å². The lowest BCUT2D eigenvalue weighted by molar-refractivity contribution is 0.251. The van der Waals surface area contributed by atoms with Crippen molar-refractivity contribution in [2.45, 2.75) is 6.54 Å². The number of carbonyl (C=O) groups is 1. The third-order valence-corrected chi connectivity index (χ3v) is 4.19. The molecule has 3 N–H and O–H groups in total. The summed E-state index contributed by atoms with van der Waals surface area (Å²) in [7, 11) is 3.86. The van der Waals surface area contributed by atoms with E-state index in [1.54, 1.807) is 11.3 Å². The molecule has 0 bridgehead atoms. The fourth-order valence-electron chi connectivity index (χ4n) is 2.19. The van der Waals surface area contributed by atoms with Crippen molar-refractivity contribution in [2.24, 2.45) is 0 Å². The van der Waals surface area contributed by atoms with E-state index in [2.05, 4.69) is 25.8 Å². The zero-order valence-electron chi connectivity index (χ0n) is 13.4. The van der Waals surface area contributed by atoms with Crippen molar-refractivity contribution in [3.63, 3.8) is 0 Å². The van der Waals surface area contributed by atoms with Gasteiger partial charge in [-0.2, -0.15) is 5.10 Å². The molecule has 1 aromatic carbocycles. The molecular formula is C16H18N6OS. The number of para-hydroxylation sites is 2. The summed E-state index contributed by atoms with van der Waals surface area (Å²) in [4.78, 5) is 19.4. The molecule has 124 valence electrons. The van der Waals surface area contributed by atoms with Crippen molar-refractivity contribution in [1.82, 2.24) is 20.5 Å². The molecule has 0 saturated carbocycles. The van der Waals surface area contributed by atoms with Crippen LogP contribution in [0.1, 0.15) is 5.82 Å². The number of benzene rings is 1. The molecule has 2 amide bonds. The van der Waals surface area contributed by atoms with Crippen molar-refractivity contribution in [2.75, 3.05) is 24.3 Å². The quantitative estimate of drug-likeness (QED) is 0.665. The number of hydrogen-bond donors (Lipinski definition) is 3. The number of thiophene rings is 1. The third kappa shape index (κ3) is 3.72. The summed E-state index contributed by atoms with van der Waals surface area (Å²) in [5, 5.41) is 14.6. The Morgan fingerprint density at radius 2 is 2.08 bits per heavy atom. The number of nitrogens with one attached hydrogen (secondary N) is 3. The summed E-state index contributed by atoms with van der Waals surface area (Å²) in [5.74, 6) is 1.25. The Hall–Kier alpha value is -2.87. The maximum Gasteiger partial charge on any atom is 0.319 e. The SMILES string of the molecule is CN(C)c1ccccc1NC(=O)NCc1nc(-c2cccs2)n[nH]1. The number of carbonyl (C=O) groups excluding carboxylic acids is 1. The van der Waals surface area contributed by atoms with Crippen molar-refractivity contribution in [3.8, 4) is 10.7 Å². The molecule has 0 unspecified atom stereocenters. The predicted molar refractivity (Wildman–Crippen MR) is 96.3 cm³/mol. The van der Waals surface area contributed by atoms with Crippen molar-refractivity contribution in [3.05, 3.63) is 47.6 Å².